The number of anilines is 2. The number of nitrogens with zero attached hydrogens (tertiary/aromatic N) is 2. The SMILES string of the molecule is CC1(C)C2=C3C(=CCC2)n2c(=O)c4ccccc4c4cccc(c42)N3c2ccccc21. The van der Waals surface area contributed by atoms with Gasteiger partial charge in [0, 0.05) is 16.2 Å². The lowest BCUT2D eigenvalue weighted by Crippen LogP contribution is -2.40. The van der Waals surface area contributed by atoms with Crippen LogP contribution in [-0.4, -0.2) is 4.57 Å². The summed E-state index contributed by atoms with van der Waals surface area (Å²) in [5, 5.41) is 2.93. The molecule has 1 aromatic heterocycles. The molecule has 0 unspecified atom stereocenters. The second kappa shape index (κ2) is 5.55. The first-order valence-corrected chi connectivity index (χ1v) is 11.0. The third kappa shape index (κ3) is 1.93. The number of allylic oxidation sites excluding steroid dienone is 3. The number of fused-ring (bicyclic) bond motifs is 6. The van der Waals surface area contributed by atoms with Crippen molar-refractivity contribution in [2.45, 2.75) is 32.1 Å². The zero-order valence-corrected chi connectivity index (χ0v) is 17.6. The van der Waals surface area contributed by atoms with Crippen molar-refractivity contribution in [2.24, 2.45) is 0 Å². The number of aromatic nitrogens is 1. The maximum absolute atomic E-state index is 13.8. The first kappa shape index (κ1) is 17.1. The lowest BCUT2D eigenvalue weighted by atomic mass is 9.69. The molecule has 0 radical (unpaired) electrons. The van der Waals surface area contributed by atoms with E-state index < -0.39 is 0 Å². The van der Waals surface area contributed by atoms with Gasteiger partial charge in [-0.15, -0.1) is 0 Å². The molecule has 0 fully saturated rings. The molecule has 3 heteroatoms. The van der Waals surface area contributed by atoms with Crippen molar-refractivity contribution in [3.63, 3.8) is 0 Å². The highest BCUT2D eigenvalue weighted by molar-refractivity contribution is 6.14. The van der Waals surface area contributed by atoms with E-state index in [9.17, 15) is 4.79 Å². The standard InChI is InChI=1S/C28H22N2O/c1-28(2)20-12-5-6-14-22(20)29-23-15-7-11-18-17-9-3-4-10-19(17)27(31)30(25(18)23)24-16-8-13-21(28)26(24)29/h3-7,9-12,14-16H,8,13H2,1-2H3. The summed E-state index contributed by atoms with van der Waals surface area (Å²) in [6.07, 6.45) is 4.24. The molecule has 0 bridgehead atoms. The molecule has 3 nitrogen and oxygen atoms in total. The molecule has 31 heavy (non-hydrogen) atoms. The molecule has 0 amide bonds. The Balaban J connectivity index is 1.75. The van der Waals surface area contributed by atoms with Crippen LogP contribution < -0.4 is 10.5 Å². The van der Waals surface area contributed by atoms with E-state index in [-0.39, 0.29) is 11.0 Å². The summed E-state index contributed by atoms with van der Waals surface area (Å²) in [6, 6.07) is 23.2. The Kier molecular flexibility index (Phi) is 3.07. The van der Waals surface area contributed by atoms with E-state index in [1.54, 1.807) is 0 Å². The first-order valence-electron chi connectivity index (χ1n) is 11.0. The van der Waals surface area contributed by atoms with Gasteiger partial charge < -0.3 is 4.90 Å². The number of rotatable bonds is 0. The Hall–Kier alpha value is -3.59. The van der Waals surface area contributed by atoms with Crippen LogP contribution in [0.2, 0.25) is 0 Å². The fourth-order valence-electron chi connectivity index (χ4n) is 6.03. The van der Waals surface area contributed by atoms with E-state index in [4.69, 9.17) is 0 Å². The second-order valence-electron chi connectivity index (χ2n) is 9.29. The van der Waals surface area contributed by atoms with Gasteiger partial charge >= 0.3 is 0 Å². The summed E-state index contributed by atoms with van der Waals surface area (Å²) < 4.78 is 1.99. The molecule has 0 spiro atoms. The maximum atomic E-state index is 13.8. The molecule has 0 saturated carbocycles. The molecule has 150 valence electrons. The van der Waals surface area contributed by atoms with E-state index in [0.717, 1.165) is 45.9 Å². The zero-order valence-electron chi connectivity index (χ0n) is 17.6. The monoisotopic (exact) mass is 402 g/mol. The molecular weight excluding hydrogens is 380 g/mol. The molecule has 1 aliphatic carbocycles. The van der Waals surface area contributed by atoms with E-state index >= 15 is 0 Å². The lowest BCUT2D eigenvalue weighted by Gasteiger charge is -2.48. The molecule has 0 N–H and O–H groups in total. The van der Waals surface area contributed by atoms with Gasteiger partial charge in [0.15, 0.2) is 0 Å². The van der Waals surface area contributed by atoms with Crippen LogP contribution >= 0.6 is 0 Å². The van der Waals surface area contributed by atoms with Crippen LogP contribution in [-0.2, 0) is 5.41 Å². The van der Waals surface area contributed by atoms with Gasteiger partial charge in [0.1, 0.15) is 0 Å². The molecule has 3 aromatic carbocycles. The number of para-hydroxylation sites is 2. The van der Waals surface area contributed by atoms with Crippen LogP contribution in [0.25, 0.3) is 27.4 Å². The number of benzene rings is 3. The molecule has 2 aliphatic heterocycles. The molecular formula is C28H22N2O. The van der Waals surface area contributed by atoms with Gasteiger partial charge in [0.2, 0.25) is 0 Å². The zero-order chi connectivity index (χ0) is 20.9. The van der Waals surface area contributed by atoms with E-state index in [1.165, 1.54) is 22.5 Å². The van der Waals surface area contributed by atoms with Gasteiger partial charge in [-0.05, 0) is 47.6 Å². The van der Waals surface area contributed by atoms with Crippen LogP contribution in [0.5, 0.6) is 0 Å². The Morgan fingerprint density at radius 1 is 0.806 bits per heavy atom. The molecule has 3 heterocycles. The van der Waals surface area contributed by atoms with Gasteiger partial charge in [-0.1, -0.05) is 68.5 Å². The van der Waals surface area contributed by atoms with Crippen LogP contribution in [0.4, 0.5) is 11.4 Å². The number of pyridine rings is 1. The van der Waals surface area contributed by atoms with Gasteiger partial charge in [-0.2, -0.15) is 0 Å². The summed E-state index contributed by atoms with van der Waals surface area (Å²) in [7, 11) is 0. The quantitative estimate of drug-likeness (QED) is 0.314. The third-order valence-electron chi connectivity index (χ3n) is 7.43. The van der Waals surface area contributed by atoms with E-state index in [2.05, 4.69) is 73.4 Å². The van der Waals surface area contributed by atoms with Crippen molar-refractivity contribution in [3.05, 3.63) is 100.0 Å². The average Bonchev–Trinajstić information content (AvgIpc) is 2.80. The predicted molar refractivity (Wildman–Crippen MR) is 128 cm³/mol. The third-order valence-corrected chi connectivity index (χ3v) is 7.43. The smallest absolute Gasteiger partial charge is 0.263 e. The van der Waals surface area contributed by atoms with Crippen LogP contribution in [0.3, 0.4) is 0 Å². The van der Waals surface area contributed by atoms with Crippen molar-refractivity contribution in [2.75, 3.05) is 4.90 Å². The first-order chi connectivity index (χ1) is 15.1. The minimum absolute atomic E-state index is 0.0756. The largest absolute Gasteiger partial charge is 0.306 e. The Labute approximate surface area is 180 Å². The van der Waals surface area contributed by atoms with E-state index in [0.29, 0.717) is 0 Å². The number of hydrogen-bond donors (Lipinski definition) is 0. The number of hydrogen-bond acceptors (Lipinski definition) is 2. The second-order valence-corrected chi connectivity index (χ2v) is 9.29. The molecule has 0 saturated heterocycles. The van der Waals surface area contributed by atoms with Crippen LogP contribution in [0, 0.1) is 0 Å². The topological polar surface area (TPSA) is 25.2 Å². The van der Waals surface area contributed by atoms with Gasteiger partial charge in [0.05, 0.1) is 28.3 Å². The molecule has 4 aromatic rings. The summed E-state index contributed by atoms with van der Waals surface area (Å²) >= 11 is 0. The molecule has 3 aliphatic rings. The maximum Gasteiger partial charge on any atom is 0.263 e. The highest BCUT2D eigenvalue weighted by Crippen LogP contribution is 2.56. The van der Waals surface area contributed by atoms with Gasteiger partial charge in [-0.25, -0.2) is 0 Å². The predicted octanol–water partition coefficient (Wildman–Crippen LogP) is 6.49. The van der Waals surface area contributed by atoms with Crippen LogP contribution in [0.1, 0.15) is 32.3 Å². The normalized spacial score (nSPS) is 18.1. The fourth-order valence-corrected chi connectivity index (χ4v) is 6.03. The van der Waals surface area contributed by atoms with Crippen molar-refractivity contribution >= 4 is 38.7 Å². The lowest BCUT2D eigenvalue weighted by molar-refractivity contribution is 0.569. The van der Waals surface area contributed by atoms with Gasteiger partial charge in [0.25, 0.3) is 5.56 Å². The summed E-state index contributed by atoms with van der Waals surface area (Å²) in [5.41, 5.74) is 8.34. The Morgan fingerprint density at radius 2 is 1.52 bits per heavy atom. The summed E-state index contributed by atoms with van der Waals surface area (Å²) in [5.74, 6) is 0. The average molecular weight is 402 g/mol. The Bertz CT molecular complexity index is 1580. The Morgan fingerprint density at radius 3 is 2.39 bits per heavy atom. The van der Waals surface area contributed by atoms with E-state index in [1.807, 2.05) is 22.8 Å². The minimum atomic E-state index is -0.0756. The highest BCUT2D eigenvalue weighted by atomic mass is 16.1. The highest BCUT2D eigenvalue weighted by Gasteiger charge is 2.43. The minimum Gasteiger partial charge on any atom is -0.306 e. The summed E-state index contributed by atoms with van der Waals surface area (Å²) in [4.78, 5) is 16.2. The van der Waals surface area contributed by atoms with Crippen molar-refractivity contribution in [1.29, 1.82) is 0 Å². The fraction of sp³-hybridized carbons (Fsp3) is 0.179. The van der Waals surface area contributed by atoms with Crippen molar-refractivity contribution in [1.82, 2.24) is 4.57 Å². The van der Waals surface area contributed by atoms with Crippen molar-refractivity contribution in [3.8, 4) is 0 Å². The summed E-state index contributed by atoms with van der Waals surface area (Å²) in [6.45, 7) is 4.65. The van der Waals surface area contributed by atoms with Crippen LogP contribution in [0.15, 0.2) is 88.9 Å². The molecule has 7 rings (SSSR count). The molecule has 0 atom stereocenters. The van der Waals surface area contributed by atoms with Gasteiger partial charge in [-0.3, -0.25) is 9.36 Å². The van der Waals surface area contributed by atoms with Crippen molar-refractivity contribution < 1.29 is 0 Å².